The lowest BCUT2D eigenvalue weighted by molar-refractivity contribution is -0.140. The number of aliphatic carboxylic acids is 1. The molecule has 1 rings (SSSR count). The molecule has 0 radical (unpaired) electrons. The third kappa shape index (κ3) is 5.11. The highest BCUT2D eigenvalue weighted by Crippen LogP contribution is 2.02. The molecule has 0 aromatic carbocycles. The Morgan fingerprint density at radius 3 is 2.65 bits per heavy atom. The number of rotatable bonds is 8. The smallest absolute Gasteiger partial charge is 0.317 e. The van der Waals surface area contributed by atoms with E-state index < -0.39 is 30.4 Å². The zero-order valence-electron chi connectivity index (χ0n) is 11.0. The molecule has 0 aliphatic carbocycles. The van der Waals surface area contributed by atoms with Crippen LogP contribution in [0.25, 0.3) is 0 Å². The minimum atomic E-state index is -1.14. The molecule has 8 nitrogen and oxygen atoms in total. The van der Waals surface area contributed by atoms with Crippen molar-refractivity contribution in [2.45, 2.75) is 19.5 Å². The second kappa shape index (κ2) is 7.29. The molecular formula is C12H17N3O5. The number of nitrogens with one attached hydrogen (secondary N) is 1. The van der Waals surface area contributed by atoms with Crippen molar-refractivity contribution >= 4 is 17.8 Å². The molecule has 0 spiro atoms. The van der Waals surface area contributed by atoms with E-state index in [0.29, 0.717) is 5.76 Å². The summed E-state index contributed by atoms with van der Waals surface area (Å²) >= 11 is 0. The average molecular weight is 283 g/mol. The van der Waals surface area contributed by atoms with Crippen molar-refractivity contribution in [3.63, 3.8) is 0 Å². The van der Waals surface area contributed by atoms with Crippen molar-refractivity contribution in [2.75, 3.05) is 13.1 Å². The topological polar surface area (TPSA) is 126 Å². The number of carboxylic acid groups (broad SMARTS) is 1. The number of hydrogen-bond acceptors (Lipinski definition) is 5. The molecule has 2 amide bonds. The zero-order valence-corrected chi connectivity index (χ0v) is 11.0. The Morgan fingerprint density at radius 1 is 1.45 bits per heavy atom. The first kappa shape index (κ1) is 15.7. The summed E-state index contributed by atoms with van der Waals surface area (Å²) in [6.45, 7) is 0.941. The maximum atomic E-state index is 11.9. The third-order valence-corrected chi connectivity index (χ3v) is 2.64. The second-order valence-corrected chi connectivity index (χ2v) is 4.24. The number of nitrogens with two attached hydrogens (primary N) is 1. The molecule has 0 aliphatic heterocycles. The van der Waals surface area contributed by atoms with Gasteiger partial charge in [0.05, 0.1) is 31.9 Å². The molecule has 110 valence electrons. The SMILES string of the molecule is CC(C(=O)NCc1ccco1)N(CC(N)=O)CC(=O)O. The summed E-state index contributed by atoms with van der Waals surface area (Å²) in [6, 6.07) is 2.59. The Hall–Kier alpha value is -2.35. The van der Waals surface area contributed by atoms with Crippen LogP contribution in [0.4, 0.5) is 0 Å². The highest BCUT2D eigenvalue weighted by molar-refractivity contribution is 5.84. The Kier molecular flexibility index (Phi) is 5.73. The maximum Gasteiger partial charge on any atom is 0.317 e. The van der Waals surface area contributed by atoms with Gasteiger partial charge in [-0.1, -0.05) is 0 Å². The van der Waals surface area contributed by atoms with Gasteiger partial charge in [0.15, 0.2) is 0 Å². The molecule has 8 heteroatoms. The Balaban J connectivity index is 2.57. The maximum absolute atomic E-state index is 11.9. The number of nitrogens with zero attached hydrogens (tertiary/aromatic N) is 1. The van der Waals surface area contributed by atoms with E-state index in [1.54, 1.807) is 12.1 Å². The number of hydrogen-bond donors (Lipinski definition) is 3. The molecule has 1 aromatic heterocycles. The summed E-state index contributed by atoms with van der Waals surface area (Å²) in [5.41, 5.74) is 5.04. The van der Waals surface area contributed by atoms with Gasteiger partial charge in [0.1, 0.15) is 5.76 Å². The van der Waals surface area contributed by atoms with Gasteiger partial charge < -0.3 is 20.6 Å². The van der Waals surface area contributed by atoms with Gasteiger partial charge in [-0.3, -0.25) is 19.3 Å². The van der Waals surface area contributed by atoms with E-state index in [1.807, 2.05) is 0 Å². The molecule has 1 heterocycles. The quantitative estimate of drug-likeness (QED) is 0.571. The van der Waals surface area contributed by atoms with Crippen LogP contribution in [0.1, 0.15) is 12.7 Å². The van der Waals surface area contributed by atoms with Crippen molar-refractivity contribution < 1.29 is 23.9 Å². The van der Waals surface area contributed by atoms with E-state index in [2.05, 4.69) is 5.32 Å². The van der Waals surface area contributed by atoms with Gasteiger partial charge in [0.25, 0.3) is 0 Å². The number of primary amides is 1. The fourth-order valence-electron chi connectivity index (χ4n) is 1.60. The van der Waals surface area contributed by atoms with Crippen LogP contribution in [0.15, 0.2) is 22.8 Å². The van der Waals surface area contributed by atoms with Crippen molar-refractivity contribution in [3.8, 4) is 0 Å². The van der Waals surface area contributed by atoms with Gasteiger partial charge in [-0.2, -0.15) is 0 Å². The van der Waals surface area contributed by atoms with E-state index >= 15 is 0 Å². The first-order chi connectivity index (χ1) is 9.40. The van der Waals surface area contributed by atoms with E-state index in [4.69, 9.17) is 15.3 Å². The van der Waals surface area contributed by atoms with Crippen LogP contribution in [0, 0.1) is 0 Å². The van der Waals surface area contributed by atoms with E-state index in [1.165, 1.54) is 18.1 Å². The molecule has 1 aromatic rings. The highest BCUT2D eigenvalue weighted by atomic mass is 16.4. The molecule has 20 heavy (non-hydrogen) atoms. The van der Waals surface area contributed by atoms with Crippen LogP contribution >= 0.6 is 0 Å². The molecule has 0 saturated carbocycles. The monoisotopic (exact) mass is 283 g/mol. The van der Waals surface area contributed by atoms with Gasteiger partial charge in [0, 0.05) is 0 Å². The number of furan rings is 1. The molecular weight excluding hydrogens is 266 g/mol. The van der Waals surface area contributed by atoms with Crippen molar-refractivity contribution in [1.29, 1.82) is 0 Å². The van der Waals surface area contributed by atoms with Crippen LogP contribution in [0.3, 0.4) is 0 Å². The van der Waals surface area contributed by atoms with Crippen molar-refractivity contribution in [3.05, 3.63) is 24.2 Å². The van der Waals surface area contributed by atoms with E-state index in [9.17, 15) is 14.4 Å². The van der Waals surface area contributed by atoms with E-state index in [-0.39, 0.29) is 13.1 Å². The summed E-state index contributed by atoms with van der Waals surface area (Å²) in [4.78, 5) is 34.7. The summed E-state index contributed by atoms with van der Waals surface area (Å²) in [5.74, 6) is -1.68. The van der Waals surface area contributed by atoms with Crippen LogP contribution in [0.5, 0.6) is 0 Å². The van der Waals surface area contributed by atoms with Crippen molar-refractivity contribution in [2.24, 2.45) is 5.73 Å². The fraction of sp³-hybridized carbons (Fsp3) is 0.417. The normalized spacial score (nSPS) is 12.1. The third-order valence-electron chi connectivity index (χ3n) is 2.64. The van der Waals surface area contributed by atoms with Gasteiger partial charge in [-0.15, -0.1) is 0 Å². The Morgan fingerprint density at radius 2 is 2.15 bits per heavy atom. The van der Waals surface area contributed by atoms with Crippen LogP contribution in [-0.4, -0.2) is 46.9 Å². The molecule has 0 aliphatic rings. The van der Waals surface area contributed by atoms with Crippen LogP contribution in [-0.2, 0) is 20.9 Å². The summed E-state index contributed by atoms with van der Waals surface area (Å²) in [7, 11) is 0. The van der Waals surface area contributed by atoms with E-state index in [0.717, 1.165) is 0 Å². The number of carbonyl (C=O) groups is 3. The minimum absolute atomic E-state index is 0.188. The predicted molar refractivity (Wildman–Crippen MR) is 68.4 cm³/mol. The summed E-state index contributed by atoms with van der Waals surface area (Å²) in [6.07, 6.45) is 1.48. The molecule has 1 atom stereocenters. The number of carboxylic acids is 1. The van der Waals surface area contributed by atoms with Crippen molar-refractivity contribution in [1.82, 2.24) is 10.2 Å². The predicted octanol–water partition coefficient (Wildman–Crippen LogP) is -0.844. The highest BCUT2D eigenvalue weighted by Gasteiger charge is 2.24. The molecule has 1 unspecified atom stereocenters. The number of amides is 2. The molecule has 0 saturated heterocycles. The number of carbonyl (C=O) groups excluding carboxylic acids is 2. The summed E-state index contributed by atoms with van der Waals surface area (Å²) in [5, 5.41) is 11.4. The first-order valence-corrected chi connectivity index (χ1v) is 5.94. The Labute approximate surface area is 115 Å². The largest absolute Gasteiger partial charge is 0.480 e. The average Bonchev–Trinajstić information content (AvgIpc) is 2.86. The lowest BCUT2D eigenvalue weighted by Gasteiger charge is -2.25. The fourth-order valence-corrected chi connectivity index (χ4v) is 1.60. The zero-order chi connectivity index (χ0) is 15.1. The lowest BCUT2D eigenvalue weighted by Crippen LogP contribution is -2.49. The standard InChI is InChI=1S/C12H17N3O5/c1-8(15(6-10(13)16)7-11(17)18)12(19)14-5-9-3-2-4-20-9/h2-4,8H,5-7H2,1H3,(H2,13,16)(H,14,19)(H,17,18). The van der Waals surface area contributed by atoms with Crippen LogP contribution < -0.4 is 11.1 Å². The molecule has 0 fully saturated rings. The minimum Gasteiger partial charge on any atom is -0.480 e. The van der Waals surface area contributed by atoms with Gasteiger partial charge in [0.2, 0.25) is 11.8 Å². The van der Waals surface area contributed by atoms with Gasteiger partial charge in [-0.05, 0) is 19.1 Å². The molecule has 0 bridgehead atoms. The Bertz CT molecular complexity index is 455. The van der Waals surface area contributed by atoms with Gasteiger partial charge >= 0.3 is 5.97 Å². The first-order valence-electron chi connectivity index (χ1n) is 5.94. The lowest BCUT2D eigenvalue weighted by atomic mass is 10.2. The summed E-state index contributed by atoms with van der Waals surface area (Å²) < 4.78 is 5.06. The van der Waals surface area contributed by atoms with Gasteiger partial charge in [-0.25, -0.2) is 0 Å². The molecule has 4 N–H and O–H groups in total. The second-order valence-electron chi connectivity index (χ2n) is 4.24. The van der Waals surface area contributed by atoms with Crippen LogP contribution in [0.2, 0.25) is 0 Å².